The van der Waals surface area contributed by atoms with Crippen molar-refractivity contribution >= 4 is 38.9 Å². The van der Waals surface area contributed by atoms with E-state index in [0.29, 0.717) is 10.6 Å². The number of aromatic nitrogens is 1. The van der Waals surface area contributed by atoms with Gasteiger partial charge in [0.1, 0.15) is 5.01 Å². The molecule has 0 fully saturated rings. The van der Waals surface area contributed by atoms with Crippen LogP contribution in [-0.2, 0) is 11.5 Å². The molecule has 0 saturated carbocycles. The summed E-state index contributed by atoms with van der Waals surface area (Å²) < 4.78 is 38.7. The van der Waals surface area contributed by atoms with E-state index in [1.807, 2.05) is 0 Å². The lowest BCUT2D eigenvalue weighted by molar-refractivity contribution is -0.140. The second kappa shape index (κ2) is 5.19. The fourth-order valence-corrected chi connectivity index (χ4v) is 3.17. The monoisotopic (exact) mass is 355 g/mol. The summed E-state index contributed by atoms with van der Waals surface area (Å²) >= 11 is 10.0. The molecule has 0 N–H and O–H groups in total. The standard InChI is InChI=1S/C11H6BrClF3NS/c12-5-8-17-10(11(14,15)16)9(18-8)6-3-1-2-4-7(6)13/h1-4H,5H2. The zero-order chi connectivity index (χ0) is 13.3. The van der Waals surface area contributed by atoms with Gasteiger partial charge in [0.2, 0.25) is 0 Å². The molecule has 0 aliphatic carbocycles. The van der Waals surface area contributed by atoms with Crippen LogP contribution in [0.5, 0.6) is 0 Å². The largest absolute Gasteiger partial charge is 0.434 e. The maximum atomic E-state index is 12.9. The average Bonchev–Trinajstić information content (AvgIpc) is 2.73. The van der Waals surface area contributed by atoms with Crippen molar-refractivity contribution in [3.63, 3.8) is 0 Å². The highest BCUT2D eigenvalue weighted by Crippen LogP contribution is 2.42. The van der Waals surface area contributed by atoms with Gasteiger partial charge in [-0.3, -0.25) is 0 Å². The van der Waals surface area contributed by atoms with Crippen molar-refractivity contribution in [2.75, 3.05) is 0 Å². The molecule has 0 radical (unpaired) electrons. The third kappa shape index (κ3) is 2.70. The van der Waals surface area contributed by atoms with Gasteiger partial charge in [-0.25, -0.2) is 4.98 Å². The van der Waals surface area contributed by atoms with Gasteiger partial charge in [-0.1, -0.05) is 45.7 Å². The summed E-state index contributed by atoms with van der Waals surface area (Å²) in [5.74, 6) is 0. The Bertz CT molecular complexity index is 568. The molecular weight excluding hydrogens is 351 g/mol. The number of benzene rings is 1. The molecule has 7 heteroatoms. The molecule has 1 heterocycles. The van der Waals surface area contributed by atoms with E-state index in [9.17, 15) is 13.2 Å². The van der Waals surface area contributed by atoms with Gasteiger partial charge < -0.3 is 0 Å². The lowest BCUT2D eigenvalue weighted by atomic mass is 10.1. The van der Waals surface area contributed by atoms with Crippen LogP contribution in [0.4, 0.5) is 13.2 Å². The zero-order valence-corrected chi connectivity index (χ0v) is 11.9. The first-order valence-electron chi connectivity index (χ1n) is 4.81. The minimum absolute atomic E-state index is 0.0579. The Hall–Kier alpha value is -0.590. The van der Waals surface area contributed by atoms with E-state index in [4.69, 9.17) is 11.6 Å². The number of thiazole rings is 1. The summed E-state index contributed by atoms with van der Waals surface area (Å²) in [6.45, 7) is 0. The molecule has 0 aliphatic rings. The van der Waals surface area contributed by atoms with Crippen LogP contribution in [0, 0.1) is 0 Å². The zero-order valence-electron chi connectivity index (χ0n) is 8.76. The van der Waals surface area contributed by atoms with E-state index >= 15 is 0 Å². The van der Waals surface area contributed by atoms with E-state index < -0.39 is 11.9 Å². The van der Waals surface area contributed by atoms with Gasteiger partial charge in [0.25, 0.3) is 0 Å². The maximum absolute atomic E-state index is 12.9. The third-order valence-corrected chi connectivity index (χ3v) is 4.49. The van der Waals surface area contributed by atoms with E-state index in [0.717, 1.165) is 11.3 Å². The molecule has 1 aromatic carbocycles. The highest BCUT2D eigenvalue weighted by Gasteiger charge is 2.38. The topological polar surface area (TPSA) is 12.9 Å². The maximum Gasteiger partial charge on any atom is 0.434 e. The number of alkyl halides is 4. The number of hydrogen-bond acceptors (Lipinski definition) is 2. The molecule has 0 atom stereocenters. The molecule has 1 nitrogen and oxygen atoms in total. The SMILES string of the molecule is FC(F)(F)c1nc(CBr)sc1-c1ccccc1Cl. The predicted molar refractivity (Wildman–Crippen MR) is 70.2 cm³/mol. The smallest absolute Gasteiger partial charge is 0.235 e. The molecule has 0 spiro atoms. The predicted octanol–water partition coefficient (Wildman–Crippen LogP) is 5.38. The van der Waals surface area contributed by atoms with Gasteiger partial charge in [-0.2, -0.15) is 13.2 Å². The van der Waals surface area contributed by atoms with E-state index in [1.165, 1.54) is 0 Å². The Kier molecular flexibility index (Phi) is 3.99. The summed E-state index contributed by atoms with van der Waals surface area (Å²) in [5, 5.41) is 0.940. The fourth-order valence-electron chi connectivity index (χ4n) is 1.44. The van der Waals surface area contributed by atoms with E-state index in [1.54, 1.807) is 24.3 Å². The minimum Gasteiger partial charge on any atom is -0.235 e. The summed E-state index contributed by atoms with van der Waals surface area (Å²) in [6.07, 6.45) is -4.48. The number of hydrogen-bond donors (Lipinski definition) is 0. The first-order valence-corrected chi connectivity index (χ1v) is 7.13. The first-order chi connectivity index (χ1) is 8.43. The van der Waals surface area contributed by atoms with Gasteiger partial charge in [-0.05, 0) is 6.07 Å². The van der Waals surface area contributed by atoms with Crippen LogP contribution in [0.2, 0.25) is 5.02 Å². The van der Waals surface area contributed by atoms with Crippen molar-refractivity contribution < 1.29 is 13.2 Å². The highest BCUT2D eigenvalue weighted by atomic mass is 79.9. The molecule has 0 amide bonds. The van der Waals surface area contributed by atoms with Gasteiger partial charge >= 0.3 is 6.18 Å². The Balaban J connectivity index is 2.64. The molecule has 0 saturated heterocycles. The first kappa shape index (κ1) is 13.8. The Morgan fingerprint density at radius 1 is 1.28 bits per heavy atom. The van der Waals surface area contributed by atoms with Gasteiger partial charge in [0, 0.05) is 10.6 Å². The lowest BCUT2D eigenvalue weighted by Crippen LogP contribution is -2.07. The molecule has 18 heavy (non-hydrogen) atoms. The molecule has 2 rings (SSSR count). The Morgan fingerprint density at radius 3 is 2.50 bits per heavy atom. The molecular formula is C11H6BrClF3NS. The molecule has 0 aliphatic heterocycles. The summed E-state index contributed by atoms with van der Waals surface area (Å²) in [5.41, 5.74) is -0.522. The second-order valence-electron chi connectivity index (χ2n) is 3.40. The Labute approximate surface area is 119 Å². The van der Waals surface area contributed by atoms with Crippen molar-refractivity contribution in [3.05, 3.63) is 40.0 Å². The second-order valence-corrected chi connectivity index (χ2v) is 5.45. The molecule has 96 valence electrons. The number of halogens is 5. The lowest BCUT2D eigenvalue weighted by Gasteiger charge is -2.07. The van der Waals surface area contributed by atoms with Gasteiger partial charge in [0.05, 0.1) is 10.2 Å². The molecule has 2 aromatic rings. The van der Waals surface area contributed by atoms with Crippen molar-refractivity contribution in [1.82, 2.24) is 4.98 Å². The normalized spacial score (nSPS) is 11.8. The Morgan fingerprint density at radius 2 is 1.94 bits per heavy atom. The van der Waals surface area contributed by atoms with Crippen LogP contribution >= 0.6 is 38.9 Å². The van der Waals surface area contributed by atoms with Crippen LogP contribution in [-0.4, -0.2) is 4.98 Å². The van der Waals surface area contributed by atoms with Gasteiger partial charge in [0.15, 0.2) is 5.69 Å². The van der Waals surface area contributed by atoms with Gasteiger partial charge in [-0.15, -0.1) is 11.3 Å². The van der Waals surface area contributed by atoms with Crippen LogP contribution in [0.3, 0.4) is 0 Å². The average molecular weight is 357 g/mol. The third-order valence-electron chi connectivity index (χ3n) is 2.17. The highest BCUT2D eigenvalue weighted by molar-refractivity contribution is 9.08. The number of nitrogens with zero attached hydrogens (tertiary/aromatic N) is 1. The van der Waals surface area contributed by atoms with Crippen LogP contribution in [0.25, 0.3) is 10.4 Å². The number of rotatable bonds is 2. The van der Waals surface area contributed by atoms with Crippen molar-refractivity contribution in [1.29, 1.82) is 0 Å². The quantitative estimate of drug-likeness (QED) is 0.659. The molecule has 0 unspecified atom stereocenters. The van der Waals surface area contributed by atoms with Crippen molar-refractivity contribution in [2.45, 2.75) is 11.5 Å². The van der Waals surface area contributed by atoms with Crippen LogP contribution in [0.1, 0.15) is 10.7 Å². The van der Waals surface area contributed by atoms with Crippen LogP contribution < -0.4 is 0 Å². The minimum atomic E-state index is -4.48. The van der Waals surface area contributed by atoms with Crippen molar-refractivity contribution in [3.8, 4) is 10.4 Å². The van der Waals surface area contributed by atoms with E-state index in [2.05, 4.69) is 20.9 Å². The summed E-state index contributed by atoms with van der Waals surface area (Å²) in [7, 11) is 0. The fraction of sp³-hybridized carbons (Fsp3) is 0.182. The summed E-state index contributed by atoms with van der Waals surface area (Å²) in [6, 6.07) is 6.44. The van der Waals surface area contributed by atoms with Crippen LogP contribution in [0.15, 0.2) is 24.3 Å². The van der Waals surface area contributed by atoms with E-state index in [-0.39, 0.29) is 15.2 Å². The summed E-state index contributed by atoms with van der Waals surface area (Å²) in [4.78, 5) is 3.66. The van der Waals surface area contributed by atoms with Crippen molar-refractivity contribution in [2.24, 2.45) is 0 Å². The molecule has 0 bridgehead atoms. The molecule has 1 aromatic heterocycles.